The van der Waals surface area contributed by atoms with Crippen molar-refractivity contribution in [2.24, 2.45) is 0 Å². The van der Waals surface area contributed by atoms with Gasteiger partial charge in [-0.2, -0.15) is 0 Å². The van der Waals surface area contributed by atoms with E-state index in [-0.39, 0.29) is 24.5 Å². The van der Waals surface area contributed by atoms with Crippen LogP contribution < -0.4 is 4.90 Å². The third kappa shape index (κ3) is 2.81. The van der Waals surface area contributed by atoms with E-state index in [9.17, 15) is 14.4 Å². The van der Waals surface area contributed by atoms with E-state index in [4.69, 9.17) is 0 Å². The Labute approximate surface area is 111 Å². The second-order valence-corrected chi connectivity index (χ2v) is 4.31. The summed E-state index contributed by atoms with van der Waals surface area (Å²) in [5.41, 5.74) is 1.20. The number of ketones is 1. The van der Waals surface area contributed by atoms with Crippen LogP contribution in [0, 0.1) is 0 Å². The molecule has 100 valence electrons. The van der Waals surface area contributed by atoms with Crippen molar-refractivity contribution in [1.82, 2.24) is 0 Å². The van der Waals surface area contributed by atoms with Crippen molar-refractivity contribution < 1.29 is 19.1 Å². The molecule has 0 saturated carbocycles. The fraction of sp³-hybridized carbons (Fsp3) is 0.357. The van der Waals surface area contributed by atoms with E-state index < -0.39 is 5.97 Å². The molecule has 2 rings (SSSR count). The topological polar surface area (TPSA) is 63.7 Å². The molecular formula is C14H15NO4. The van der Waals surface area contributed by atoms with Crippen molar-refractivity contribution in [3.8, 4) is 0 Å². The van der Waals surface area contributed by atoms with Gasteiger partial charge < -0.3 is 9.64 Å². The molecule has 0 aromatic heterocycles. The van der Waals surface area contributed by atoms with Crippen LogP contribution in [-0.2, 0) is 14.3 Å². The highest BCUT2D eigenvalue weighted by molar-refractivity contribution is 6.08. The number of benzene rings is 1. The van der Waals surface area contributed by atoms with Gasteiger partial charge in [0, 0.05) is 24.9 Å². The first-order valence-corrected chi connectivity index (χ1v) is 6.13. The van der Waals surface area contributed by atoms with Crippen molar-refractivity contribution in [3.05, 3.63) is 29.8 Å². The average Bonchev–Trinajstić information content (AvgIpc) is 2.45. The number of fused-ring (bicyclic) bond motifs is 1. The van der Waals surface area contributed by atoms with Crippen LogP contribution in [0.25, 0.3) is 0 Å². The molecule has 1 amide bonds. The van der Waals surface area contributed by atoms with Gasteiger partial charge in [0.15, 0.2) is 5.78 Å². The molecule has 5 nitrogen and oxygen atoms in total. The molecule has 1 aliphatic rings. The number of para-hydroxylation sites is 1. The monoisotopic (exact) mass is 261 g/mol. The lowest BCUT2D eigenvalue weighted by Crippen LogP contribution is -2.37. The zero-order valence-electron chi connectivity index (χ0n) is 10.7. The summed E-state index contributed by atoms with van der Waals surface area (Å²) in [5, 5.41) is 0. The Hall–Kier alpha value is -2.17. The van der Waals surface area contributed by atoms with Gasteiger partial charge in [-0.1, -0.05) is 12.1 Å². The van der Waals surface area contributed by atoms with Crippen molar-refractivity contribution in [2.75, 3.05) is 18.6 Å². The molecular weight excluding hydrogens is 246 g/mol. The molecule has 0 radical (unpaired) electrons. The molecule has 1 heterocycles. The Balaban J connectivity index is 2.14. The minimum absolute atomic E-state index is 0.0487. The molecule has 0 fully saturated rings. The summed E-state index contributed by atoms with van der Waals surface area (Å²) in [7, 11) is 1.29. The Morgan fingerprint density at radius 1 is 1.26 bits per heavy atom. The molecule has 1 aromatic rings. The Bertz CT molecular complexity index is 524. The van der Waals surface area contributed by atoms with Gasteiger partial charge in [-0.25, -0.2) is 0 Å². The van der Waals surface area contributed by atoms with E-state index in [0.29, 0.717) is 24.2 Å². The van der Waals surface area contributed by atoms with Crippen LogP contribution in [0.3, 0.4) is 0 Å². The van der Waals surface area contributed by atoms with Gasteiger partial charge in [-0.3, -0.25) is 14.4 Å². The lowest BCUT2D eigenvalue weighted by atomic mass is 10.00. The van der Waals surface area contributed by atoms with Gasteiger partial charge in [-0.05, 0) is 12.1 Å². The summed E-state index contributed by atoms with van der Waals surface area (Å²) >= 11 is 0. The maximum Gasteiger partial charge on any atom is 0.306 e. The fourth-order valence-corrected chi connectivity index (χ4v) is 2.12. The Kier molecular flexibility index (Phi) is 3.94. The van der Waals surface area contributed by atoms with Gasteiger partial charge in [0.05, 0.1) is 19.2 Å². The highest BCUT2D eigenvalue weighted by Crippen LogP contribution is 2.27. The number of Topliss-reactive ketones (excluding diaryl/α,β-unsaturated/α-hetero) is 1. The van der Waals surface area contributed by atoms with Crippen molar-refractivity contribution in [2.45, 2.75) is 19.3 Å². The molecule has 5 heteroatoms. The van der Waals surface area contributed by atoms with Crippen LogP contribution in [0.1, 0.15) is 29.6 Å². The first-order chi connectivity index (χ1) is 9.13. The number of hydrogen-bond donors (Lipinski definition) is 0. The number of rotatable bonds is 3. The molecule has 0 N–H and O–H groups in total. The molecule has 0 aliphatic carbocycles. The lowest BCUT2D eigenvalue weighted by molar-refractivity contribution is -0.141. The minimum Gasteiger partial charge on any atom is -0.469 e. The van der Waals surface area contributed by atoms with Crippen molar-refractivity contribution in [1.29, 1.82) is 0 Å². The van der Waals surface area contributed by atoms with E-state index in [1.165, 1.54) is 7.11 Å². The number of methoxy groups -OCH3 is 1. The first kappa shape index (κ1) is 13.3. The highest BCUT2D eigenvalue weighted by atomic mass is 16.5. The lowest BCUT2D eigenvalue weighted by Gasteiger charge is -2.28. The maximum atomic E-state index is 12.1. The van der Waals surface area contributed by atoms with E-state index in [1.807, 2.05) is 0 Å². The summed E-state index contributed by atoms with van der Waals surface area (Å²) < 4.78 is 4.51. The maximum absolute atomic E-state index is 12.1. The summed E-state index contributed by atoms with van der Waals surface area (Å²) in [6.07, 6.45) is 0.470. The zero-order chi connectivity index (χ0) is 13.8. The SMILES string of the molecule is COC(=O)CCC(=O)N1CCC(=O)c2ccccc21. The molecule has 19 heavy (non-hydrogen) atoms. The number of carbonyl (C=O) groups excluding carboxylic acids is 3. The normalized spacial score (nSPS) is 13.9. The second kappa shape index (κ2) is 5.65. The number of ether oxygens (including phenoxy) is 1. The smallest absolute Gasteiger partial charge is 0.306 e. The molecule has 0 bridgehead atoms. The number of nitrogens with zero attached hydrogens (tertiary/aromatic N) is 1. The zero-order valence-corrected chi connectivity index (χ0v) is 10.7. The van der Waals surface area contributed by atoms with Crippen molar-refractivity contribution in [3.63, 3.8) is 0 Å². The largest absolute Gasteiger partial charge is 0.469 e. The van der Waals surface area contributed by atoms with Crippen LogP contribution in [0.4, 0.5) is 5.69 Å². The molecule has 1 aliphatic heterocycles. The van der Waals surface area contributed by atoms with Crippen LogP contribution >= 0.6 is 0 Å². The standard InChI is InChI=1S/C14H15NO4/c1-19-14(18)7-6-13(17)15-9-8-12(16)10-4-2-3-5-11(10)15/h2-5H,6-9H2,1H3. The molecule has 0 spiro atoms. The molecule has 0 saturated heterocycles. The van der Waals surface area contributed by atoms with Crippen LogP contribution in [0.15, 0.2) is 24.3 Å². The number of amides is 1. The predicted octanol–water partition coefficient (Wildman–Crippen LogP) is 1.56. The number of anilines is 1. The van der Waals surface area contributed by atoms with Crippen LogP contribution in [0.5, 0.6) is 0 Å². The third-order valence-electron chi connectivity index (χ3n) is 3.13. The minimum atomic E-state index is -0.408. The fourth-order valence-electron chi connectivity index (χ4n) is 2.12. The third-order valence-corrected chi connectivity index (χ3v) is 3.13. The van der Waals surface area contributed by atoms with Gasteiger partial charge in [-0.15, -0.1) is 0 Å². The quantitative estimate of drug-likeness (QED) is 0.774. The van der Waals surface area contributed by atoms with E-state index in [0.717, 1.165) is 0 Å². The molecule has 1 aromatic carbocycles. The Morgan fingerprint density at radius 3 is 2.74 bits per heavy atom. The number of hydrogen-bond acceptors (Lipinski definition) is 4. The summed E-state index contributed by atoms with van der Waals surface area (Å²) in [5.74, 6) is -0.521. The highest BCUT2D eigenvalue weighted by Gasteiger charge is 2.26. The van der Waals surface area contributed by atoms with E-state index in [2.05, 4.69) is 4.74 Å². The average molecular weight is 261 g/mol. The van der Waals surface area contributed by atoms with Crippen molar-refractivity contribution >= 4 is 23.3 Å². The first-order valence-electron chi connectivity index (χ1n) is 6.13. The van der Waals surface area contributed by atoms with E-state index >= 15 is 0 Å². The Morgan fingerprint density at radius 2 is 2.00 bits per heavy atom. The molecule has 0 unspecified atom stereocenters. The van der Waals surface area contributed by atoms with E-state index in [1.54, 1.807) is 29.2 Å². The second-order valence-electron chi connectivity index (χ2n) is 4.31. The van der Waals surface area contributed by atoms with Gasteiger partial charge in [0.2, 0.25) is 5.91 Å². The van der Waals surface area contributed by atoms with Gasteiger partial charge in [0.25, 0.3) is 0 Å². The predicted molar refractivity (Wildman–Crippen MR) is 69.0 cm³/mol. The summed E-state index contributed by atoms with van der Waals surface area (Å²) in [4.78, 5) is 36.5. The molecule has 0 atom stereocenters. The summed E-state index contributed by atoms with van der Waals surface area (Å²) in [6, 6.07) is 7.04. The van der Waals surface area contributed by atoms with Crippen LogP contribution in [0.2, 0.25) is 0 Å². The number of carbonyl (C=O) groups is 3. The van der Waals surface area contributed by atoms with Crippen LogP contribution in [-0.4, -0.2) is 31.3 Å². The van der Waals surface area contributed by atoms with Gasteiger partial charge >= 0.3 is 5.97 Å². The summed E-state index contributed by atoms with van der Waals surface area (Å²) in [6.45, 7) is 0.371. The number of esters is 1. The van der Waals surface area contributed by atoms with Gasteiger partial charge in [0.1, 0.15) is 0 Å².